The van der Waals surface area contributed by atoms with Gasteiger partial charge in [0.05, 0.1) is 15.6 Å². The fourth-order valence-corrected chi connectivity index (χ4v) is 5.24. The minimum Gasteiger partial charge on any atom is -0.338 e. The maximum absolute atomic E-state index is 13.6. The minimum atomic E-state index is -3.97. The van der Waals surface area contributed by atoms with Crippen LogP contribution in [0.1, 0.15) is 19.3 Å². The van der Waals surface area contributed by atoms with E-state index in [9.17, 15) is 17.6 Å². The van der Waals surface area contributed by atoms with E-state index in [-0.39, 0.29) is 14.8 Å². The molecule has 0 N–H and O–H groups in total. The molecule has 8 heteroatoms. The molecule has 146 valence electrons. The summed E-state index contributed by atoms with van der Waals surface area (Å²) in [7, 11) is -3.97. The van der Waals surface area contributed by atoms with Crippen molar-refractivity contribution in [2.24, 2.45) is 0 Å². The van der Waals surface area contributed by atoms with Gasteiger partial charge in [0.2, 0.25) is 9.84 Å². The molecule has 0 spiro atoms. The summed E-state index contributed by atoms with van der Waals surface area (Å²) in [5.74, 6) is -1.08. The van der Waals surface area contributed by atoms with Crippen LogP contribution in [0.4, 0.5) is 15.8 Å². The van der Waals surface area contributed by atoms with Gasteiger partial charge in [-0.05, 0) is 49.6 Å². The van der Waals surface area contributed by atoms with Crippen molar-refractivity contribution in [1.29, 1.82) is 0 Å². The second kappa shape index (κ2) is 7.22. The highest BCUT2D eigenvalue weighted by atomic mass is 35.5. The van der Waals surface area contributed by atoms with Crippen LogP contribution in [0.15, 0.2) is 58.5 Å². The molecule has 0 unspecified atom stereocenters. The van der Waals surface area contributed by atoms with Crippen molar-refractivity contribution in [2.45, 2.75) is 24.2 Å². The molecule has 0 radical (unpaired) electrons. The van der Waals surface area contributed by atoms with Crippen LogP contribution < -0.4 is 4.90 Å². The molecule has 2 heterocycles. The maximum atomic E-state index is 13.6. The van der Waals surface area contributed by atoms with Crippen LogP contribution in [0.5, 0.6) is 0 Å². The van der Waals surface area contributed by atoms with Gasteiger partial charge in [-0.25, -0.2) is 12.8 Å². The molecule has 0 aliphatic carbocycles. The number of amides is 1. The van der Waals surface area contributed by atoms with Gasteiger partial charge < -0.3 is 9.80 Å². The average Bonchev–Trinajstić information content (AvgIpc) is 2.71. The molecule has 1 saturated heterocycles. The highest BCUT2D eigenvalue weighted by molar-refractivity contribution is 7.96. The lowest BCUT2D eigenvalue weighted by molar-refractivity contribution is -0.127. The molecule has 2 aromatic carbocycles. The van der Waals surface area contributed by atoms with E-state index in [0.29, 0.717) is 24.5 Å². The van der Waals surface area contributed by atoms with Crippen LogP contribution in [0.3, 0.4) is 0 Å². The minimum absolute atomic E-state index is 0.0401. The molecule has 1 amide bonds. The van der Waals surface area contributed by atoms with Gasteiger partial charge in [0.1, 0.15) is 5.82 Å². The predicted molar refractivity (Wildman–Crippen MR) is 106 cm³/mol. The second-order valence-electron chi connectivity index (χ2n) is 6.79. The Hall–Kier alpha value is -2.38. The summed E-state index contributed by atoms with van der Waals surface area (Å²) in [5.41, 5.74) is 0.859. The summed E-state index contributed by atoms with van der Waals surface area (Å²) in [6, 6.07) is 10.5. The molecule has 2 aliphatic rings. The fraction of sp³-hybridized carbons (Fsp3) is 0.250. The monoisotopic (exact) mass is 420 g/mol. The van der Waals surface area contributed by atoms with Gasteiger partial charge in [0, 0.05) is 25.0 Å². The first-order chi connectivity index (χ1) is 13.4. The van der Waals surface area contributed by atoms with E-state index in [2.05, 4.69) is 0 Å². The zero-order valence-electron chi connectivity index (χ0n) is 14.9. The standard InChI is InChI=1S/C20H18ClFN2O3S/c21-15-12-14(8-9-16(15)22)24-13-19(20(25)23-10-4-1-5-11-23)28(26,27)18-7-3-2-6-17(18)24/h2-3,6-9,12-13H,1,4-5,10-11H2. The maximum Gasteiger partial charge on any atom is 0.267 e. The van der Waals surface area contributed by atoms with E-state index in [1.54, 1.807) is 28.0 Å². The Morgan fingerprint density at radius 1 is 1.04 bits per heavy atom. The lowest BCUT2D eigenvalue weighted by atomic mass is 10.1. The van der Waals surface area contributed by atoms with Crippen molar-refractivity contribution >= 4 is 38.7 Å². The Kier molecular flexibility index (Phi) is 4.89. The van der Waals surface area contributed by atoms with Crippen LogP contribution in [0.2, 0.25) is 5.02 Å². The number of carbonyl (C=O) groups excluding carboxylic acids is 1. The van der Waals surface area contributed by atoms with Crippen molar-refractivity contribution in [3.63, 3.8) is 0 Å². The number of benzene rings is 2. The number of hydrogen-bond donors (Lipinski definition) is 0. The molecule has 2 aromatic rings. The summed E-state index contributed by atoms with van der Waals surface area (Å²) in [4.78, 5) is 15.9. The summed E-state index contributed by atoms with van der Waals surface area (Å²) < 4.78 is 39.9. The first-order valence-corrected chi connectivity index (χ1v) is 10.9. The zero-order valence-corrected chi connectivity index (χ0v) is 16.5. The van der Waals surface area contributed by atoms with Crippen LogP contribution >= 0.6 is 11.6 Å². The number of hydrogen-bond acceptors (Lipinski definition) is 4. The van der Waals surface area contributed by atoms with Crippen LogP contribution in [0, 0.1) is 5.82 Å². The highest BCUT2D eigenvalue weighted by Crippen LogP contribution is 2.40. The van der Waals surface area contributed by atoms with Gasteiger partial charge in [-0.3, -0.25) is 4.79 Å². The largest absolute Gasteiger partial charge is 0.338 e. The van der Waals surface area contributed by atoms with Gasteiger partial charge in [0.15, 0.2) is 4.91 Å². The molecule has 0 bridgehead atoms. The molecule has 28 heavy (non-hydrogen) atoms. The smallest absolute Gasteiger partial charge is 0.267 e. The van der Waals surface area contributed by atoms with Crippen LogP contribution in [0.25, 0.3) is 0 Å². The van der Waals surface area contributed by atoms with E-state index in [0.717, 1.165) is 19.3 Å². The van der Waals surface area contributed by atoms with Gasteiger partial charge in [-0.2, -0.15) is 0 Å². The predicted octanol–water partition coefficient (Wildman–Crippen LogP) is 4.26. The molecule has 0 saturated carbocycles. The lowest BCUT2D eigenvalue weighted by Gasteiger charge is -2.32. The normalized spacial score (nSPS) is 18.4. The molecule has 5 nitrogen and oxygen atoms in total. The molecular weight excluding hydrogens is 403 g/mol. The summed E-state index contributed by atoms with van der Waals surface area (Å²) in [6.45, 7) is 1.07. The molecule has 0 atom stereocenters. The third-order valence-electron chi connectivity index (χ3n) is 4.99. The van der Waals surface area contributed by atoms with E-state index in [1.807, 2.05) is 0 Å². The zero-order chi connectivity index (χ0) is 19.9. The van der Waals surface area contributed by atoms with Crippen LogP contribution in [-0.2, 0) is 14.6 Å². The van der Waals surface area contributed by atoms with Crippen molar-refractivity contribution in [3.05, 3.63) is 64.4 Å². The summed E-state index contributed by atoms with van der Waals surface area (Å²) >= 11 is 5.92. The Morgan fingerprint density at radius 2 is 1.75 bits per heavy atom. The number of likely N-dealkylation sites (tertiary alicyclic amines) is 1. The average molecular weight is 421 g/mol. The van der Waals surface area contributed by atoms with Crippen molar-refractivity contribution in [3.8, 4) is 0 Å². The number of carbonyl (C=O) groups is 1. The third kappa shape index (κ3) is 3.18. The Labute approximate surface area is 167 Å². The molecular formula is C20H18ClFN2O3S. The number of fused-ring (bicyclic) bond motifs is 1. The molecule has 4 rings (SSSR count). The van der Waals surface area contributed by atoms with Crippen LogP contribution in [-0.4, -0.2) is 32.3 Å². The number of sulfone groups is 1. The number of anilines is 2. The molecule has 1 fully saturated rings. The first kappa shape index (κ1) is 19.0. The summed E-state index contributed by atoms with van der Waals surface area (Å²) in [5, 5.41) is -0.0827. The Morgan fingerprint density at radius 3 is 2.46 bits per heavy atom. The van der Waals surface area contributed by atoms with E-state index in [4.69, 9.17) is 11.6 Å². The van der Waals surface area contributed by atoms with E-state index < -0.39 is 21.6 Å². The van der Waals surface area contributed by atoms with Crippen molar-refractivity contribution in [2.75, 3.05) is 18.0 Å². The quantitative estimate of drug-likeness (QED) is 0.728. The number of para-hydroxylation sites is 1. The second-order valence-corrected chi connectivity index (χ2v) is 9.08. The van der Waals surface area contributed by atoms with E-state index in [1.165, 1.54) is 30.5 Å². The first-order valence-electron chi connectivity index (χ1n) is 8.99. The van der Waals surface area contributed by atoms with Crippen molar-refractivity contribution < 1.29 is 17.6 Å². The highest BCUT2D eigenvalue weighted by Gasteiger charge is 2.37. The van der Waals surface area contributed by atoms with Gasteiger partial charge >= 0.3 is 0 Å². The third-order valence-corrected chi connectivity index (χ3v) is 7.06. The number of nitrogens with zero attached hydrogens (tertiary/aromatic N) is 2. The van der Waals surface area contributed by atoms with E-state index >= 15 is 0 Å². The Balaban J connectivity index is 1.86. The molecule has 2 aliphatic heterocycles. The topological polar surface area (TPSA) is 57.7 Å². The Bertz CT molecular complexity index is 1080. The lowest BCUT2D eigenvalue weighted by Crippen LogP contribution is -2.39. The number of rotatable bonds is 2. The van der Waals surface area contributed by atoms with Gasteiger partial charge in [-0.15, -0.1) is 0 Å². The fourth-order valence-electron chi connectivity index (χ4n) is 3.53. The van der Waals surface area contributed by atoms with Crippen molar-refractivity contribution in [1.82, 2.24) is 4.90 Å². The van der Waals surface area contributed by atoms with Gasteiger partial charge in [0.25, 0.3) is 5.91 Å². The summed E-state index contributed by atoms with van der Waals surface area (Å²) in [6.07, 6.45) is 4.05. The van der Waals surface area contributed by atoms with Gasteiger partial charge in [-0.1, -0.05) is 23.7 Å². The number of halogens is 2. The number of piperidine rings is 1. The molecule has 0 aromatic heterocycles. The SMILES string of the molecule is O=C(C1=CN(c2ccc(F)c(Cl)c2)c2ccccc2S1(=O)=O)N1CCCCC1.